The Balaban J connectivity index is 1.41. The van der Waals surface area contributed by atoms with Crippen LogP contribution in [0.4, 0.5) is 13.2 Å². The molecule has 6 rings (SSSR count). The normalized spacial score (nSPS) is 12.5. The predicted octanol–water partition coefficient (Wildman–Crippen LogP) is 9.84. The molecule has 1 N–H and O–H groups in total. The second-order valence-electron chi connectivity index (χ2n) is 13.9. The van der Waals surface area contributed by atoms with Crippen molar-refractivity contribution in [2.45, 2.75) is 70.0 Å². The average molecular weight is 699 g/mol. The molecule has 0 unspecified atom stereocenters. The zero-order chi connectivity index (χ0) is 35.8. The van der Waals surface area contributed by atoms with Crippen molar-refractivity contribution in [3.05, 3.63) is 114 Å². The lowest BCUT2D eigenvalue weighted by atomic mass is 9.88. The number of nitrogens with zero attached hydrogens (tertiary/aromatic N) is 4. The highest BCUT2D eigenvalue weighted by Crippen LogP contribution is 2.44. The Hall–Kier alpha value is -4.90. The van der Waals surface area contributed by atoms with Crippen molar-refractivity contribution in [1.29, 1.82) is 0 Å². The number of thioether (sulfide) groups is 1. The lowest BCUT2D eigenvalue weighted by Crippen LogP contribution is -2.28. The number of halogens is 3. The van der Waals surface area contributed by atoms with Crippen molar-refractivity contribution >= 4 is 39.7 Å². The lowest BCUT2D eigenvalue weighted by molar-refractivity contribution is -0.147. The molecular formula is C39H37F3N4O3S. The number of fused-ring (bicyclic) bond motifs is 2. The van der Waals surface area contributed by atoms with Crippen molar-refractivity contribution in [2.75, 3.05) is 0 Å². The van der Waals surface area contributed by atoms with Crippen molar-refractivity contribution in [3.63, 3.8) is 0 Å². The van der Waals surface area contributed by atoms with E-state index >= 15 is 0 Å². The molecule has 0 amide bonds. The molecule has 4 heterocycles. The number of benzene rings is 2. The molecule has 0 spiro atoms. The summed E-state index contributed by atoms with van der Waals surface area (Å²) in [6.45, 7) is 10.3. The van der Waals surface area contributed by atoms with Crippen LogP contribution in [0.1, 0.15) is 57.1 Å². The fourth-order valence-corrected chi connectivity index (χ4v) is 6.83. The van der Waals surface area contributed by atoms with E-state index in [-0.39, 0.29) is 17.8 Å². The smallest absolute Gasteiger partial charge is 0.417 e. The Morgan fingerprint density at radius 2 is 1.68 bits per heavy atom. The Bertz CT molecular complexity index is 2190. The number of hydrogen-bond donors (Lipinski definition) is 1. The monoisotopic (exact) mass is 698 g/mol. The third kappa shape index (κ3) is 7.78. The fourth-order valence-electron chi connectivity index (χ4n) is 5.66. The zero-order valence-electron chi connectivity index (χ0n) is 28.4. The number of rotatable bonds is 10. The summed E-state index contributed by atoms with van der Waals surface area (Å²) in [6, 6.07) is 23.6. The second kappa shape index (κ2) is 13.4. The Morgan fingerprint density at radius 3 is 2.38 bits per heavy atom. The molecule has 258 valence electrons. The molecule has 0 atom stereocenters. The van der Waals surface area contributed by atoms with E-state index < -0.39 is 23.1 Å². The quantitative estimate of drug-likeness (QED) is 0.143. The number of hydrogen-bond acceptors (Lipinski definition) is 6. The number of ether oxygens (including phenoxy) is 1. The third-order valence-electron chi connectivity index (χ3n) is 8.22. The SMILES string of the molecule is CC(C)(C)Sc1c(CC(C)(C)C(=O)O)n(Cc2cccc(-c3ccc(C(F)(F)F)cn3)c2)c2ncc(OCc3ccc4ccccc4n3)cc12. The zero-order valence-corrected chi connectivity index (χ0v) is 29.2. The van der Waals surface area contributed by atoms with E-state index in [9.17, 15) is 23.1 Å². The Morgan fingerprint density at radius 1 is 0.900 bits per heavy atom. The van der Waals surface area contributed by atoms with Crippen LogP contribution in [0.15, 0.2) is 96.2 Å². The van der Waals surface area contributed by atoms with Crippen LogP contribution in [0.2, 0.25) is 0 Å². The maximum atomic E-state index is 13.2. The van der Waals surface area contributed by atoms with Gasteiger partial charge in [0.2, 0.25) is 0 Å². The standard InChI is InChI=1S/C39H37F3N4O3S/c1-37(2,3)50-34-30-18-29(49-23-28-15-13-25-10-6-7-12-32(25)45-28)21-44-35(30)46(33(34)19-38(4,5)36(47)48)22-24-9-8-11-26(17-24)31-16-14-27(20-43-31)39(40,41)42/h6-18,20-21H,19,22-23H2,1-5H3,(H,47,48). The molecule has 0 saturated heterocycles. The summed E-state index contributed by atoms with van der Waals surface area (Å²) >= 11 is 1.64. The van der Waals surface area contributed by atoms with Crippen LogP contribution < -0.4 is 4.74 Å². The summed E-state index contributed by atoms with van der Waals surface area (Å²) in [5, 5.41) is 12.0. The number of pyridine rings is 3. The van der Waals surface area contributed by atoms with Gasteiger partial charge in [0, 0.05) is 50.8 Å². The van der Waals surface area contributed by atoms with Gasteiger partial charge in [-0.3, -0.25) is 9.78 Å². The summed E-state index contributed by atoms with van der Waals surface area (Å²) in [5.41, 5.74) is 3.18. The first-order valence-electron chi connectivity index (χ1n) is 16.1. The topological polar surface area (TPSA) is 90.1 Å². The average Bonchev–Trinajstić information content (AvgIpc) is 3.32. The van der Waals surface area contributed by atoms with Gasteiger partial charge in [-0.25, -0.2) is 9.97 Å². The van der Waals surface area contributed by atoms with Crippen LogP contribution in [0.25, 0.3) is 33.2 Å². The van der Waals surface area contributed by atoms with Crippen LogP contribution in [0.3, 0.4) is 0 Å². The molecule has 11 heteroatoms. The van der Waals surface area contributed by atoms with Gasteiger partial charge in [0.15, 0.2) is 0 Å². The maximum absolute atomic E-state index is 13.2. The van der Waals surface area contributed by atoms with E-state index in [2.05, 4.69) is 25.8 Å². The van der Waals surface area contributed by atoms with Gasteiger partial charge >= 0.3 is 12.1 Å². The number of alkyl halides is 3. The first-order valence-corrected chi connectivity index (χ1v) is 16.9. The number of carboxylic acids is 1. The van der Waals surface area contributed by atoms with Crippen LogP contribution in [-0.4, -0.2) is 35.3 Å². The summed E-state index contributed by atoms with van der Waals surface area (Å²) in [4.78, 5) is 27.0. The van der Waals surface area contributed by atoms with Crippen molar-refractivity contribution < 1.29 is 27.8 Å². The number of aliphatic carboxylic acids is 1. The predicted molar refractivity (Wildman–Crippen MR) is 190 cm³/mol. The summed E-state index contributed by atoms with van der Waals surface area (Å²) in [7, 11) is 0. The number of carboxylic acid groups (broad SMARTS) is 1. The molecule has 50 heavy (non-hydrogen) atoms. The highest BCUT2D eigenvalue weighted by atomic mass is 32.2. The van der Waals surface area contributed by atoms with Gasteiger partial charge in [-0.15, -0.1) is 11.8 Å². The van der Waals surface area contributed by atoms with Gasteiger partial charge in [-0.1, -0.05) is 63.2 Å². The lowest BCUT2D eigenvalue weighted by Gasteiger charge is -2.24. The molecule has 0 bridgehead atoms. The van der Waals surface area contributed by atoms with Crippen molar-refractivity contribution in [3.8, 4) is 17.0 Å². The Kier molecular flexibility index (Phi) is 9.39. The molecule has 0 radical (unpaired) electrons. The molecule has 0 aliphatic carbocycles. The summed E-state index contributed by atoms with van der Waals surface area (Å²) < 4.78 is 47.5. The van der Waals surface area contributed by atoms with E-state index in [0.717, 1.165) is 50.4 Å². The van der Waals surface area contributed by atoms with Crippen LogP contribution >= 0.6 is 11.8 Å². The minimum absolute atomic E-state index is 0.221. The molecule has 2 aromatic carbocycles. The van der Waals surface area contributed by atoms with Gasteiger partial charge in [-0.05, 0) is 55.8 Å². The fraction of sp³-hybridized carbons (Fsp3) is 0.282. The van der Waals surface area contributed by atoms with Gasteiger partial charge in [0.05, 0.1) is 34.1 Å². The minimum atomic E-state index is -4.48. The highest BCUT2D eigenvalue weighted by Gasteiger charge is 2.33. The molecule has 0 aliphatic rings. The minimum Gasteiger partial charge on any atom is -0.486 e. The highest BCUT2D eigenvalue weighted by molar-refractivity contribution is 8.00. The molecule has 6 aromatic rings. The van der Waals surface area contributed by atoms with Gasteiger partial charge < -0.3 is 14.4 Å². The molecule has 0 fully saturated rings. The van der Waals surface area contributed by atoms with Gasteiger partial charge in [0.25, 0.3) is 0 Å². The van der Waals surface area contributed by atoms with E-state index in [4.69, 9.17) is 14.7 Å². The summed E-state index contributed by atoms with van der Waals surface area (Å²) in [6.07, 6.45) is -1.74. The maximum Gasteiger partial charge on any atom is 0.417 e. The second-order valence-corrected chi connectivity index (χ2v) is 15.7. The molecule has 0 aliphatic heterocycles. The van der Waals surface area contributed by atoms with Crippen molar-refractivity contribution in [2.24, 2.45) is 5.41 Å². The molecular weight excluding hydrogens is 662 g/mol. The number of carbonyl (C=O) groups is 1. The molecule has 0 saturated carbocycles. The van der Waals surface area contributed by atoms with Gasteiger partial charge in [0.1, 0.15) is 18.0 Å². The molecule has 7 nitrogen and oxygen atoms in total. The van der Waals surface area contributed by atoms with Crippen LogP contribution in [0, 0.1) is 5.41 Å². The van der Waals surface area contributed by atoms with E-state index in [1.165, 1.54) is 6.07 Å². The number of aromatic nitrogens is 4. The first-order chi connectivity index (χ1) is 23.6. The summed E-state index contributed by atoms with van der Waals surface area (Å²) in [5.74, 6) is -0.365. The Labute approximate surface area is 292 Å². The third-order valence-corrected chi connectivity index (χ3v) is 9.50. The van der Waals surface area contributed by atoms with Gasteiger partial charge in [-0.2, -0.15) is 13.2 Å². The largest absolute Gasteiger partial charge is 0.486 e. The number of para-hydroxylation sites is 1. The van der Waals surface area contributed by atoms with E-state index in [1.54, 1.807) is 37.9 Å². The first kappa shape index (κ1) is 34.9. The van der Waals surface area contributed by atoms with E-state index in [0.29, 0.717) is 29.2 Å². The van der Waals surface area contributed by atoms with E-state index in [1.807, 2.05) is 65.2 Å². The van der Waals surface area contributed by atoms with Crippen molar-refractivity contribution in [1.82, 2.24) is 19.5 Å². The van der Waals surface area contributed by atoms with Crippen LogP contribution in [-0.2, 0) is 30.5 Å². The molecule has 4 aromatic heterocycles. The van der Waals surface area contributed by atoms with Crippen LogP contribution in [0.5, 0.6) is 5.75 Å².